The molecular formula is C19H30O4. The maximum Gasteiger partial charge on any atom is 0.335 e. The maximum atomic E-state index is 11.6. The van der Waals surface area contributed by atoms with E-state index >= 15 is 0 Å². The van der Waals surface area contributed by atoms with Crippen molar-refractivity contribution >= 4 is 5.97 Å². The molecule has 1 saturated carbocycles. The van der Waals surface area contributed by atoms with Crippen LogP contribution in [0.4, 0.5) is 0 Å². The Balaban J connectivity index is 2.53. The number of carboxylic acid groups (broad SMARTS) is 1. The van der Waals surface area contributed by atoms with E-state index in [1.165, 1.54) is 6.42 Å². The van der Waals surface area contributed by atoms with Crippen LogP contribution in [0.3, 0.4) is 0 Å². The summed E-state index contributed by atoms with van der Waals surface area (Å²) in [6.07, 6.45) is 3.85. The number of aliphatic hydroxyl groups excluding tert-OH is 1. The third kappa shape index (κ3) is 3.41. The fraction of sp³-hybridized carbons (Fsp3) is 0.737. The van der Waals surface area contributed by atoms with E-state index in [2.05, 4.69) is 20.8 Å². The highest BCUT2D eigenvalue weighted by Crippen LogP contribution is 2.47. The Bertz CT molecular complexity index is 529. The molecule has 0 amide bonds. The van der Waals surface area contributed by atoms with E-state index in [4.69, 9.17) is 4.74 Å². The molecular weight excluding hydrogens is 292 g/mol. The summed E-state index contributed by atoms with van der Waals surface area (Å²) in [4.78, 5) is 11.6. The van der Waals surface area contributed by atoms with Crippen molar-refractivity contribution in [2.75, 3.05) is 7.11 Å². The van der Waals surface area contributed by atoms with Crippen LogP contribution in [-0.2, 0) is 9.53 Å². The zero-order chi connectivity index (χ0) is 17.3. The van der Waals surface area contributed by atoms with Crippen LogP contribution in [0.2, 0.25) is 0 Å². The molecule has 2 aliphatic carbocycles. The first-order valence-corrected chi connectivity index (χ1v) is 8.71. The molecule has 4 nitrogen and oxygen atoms in total. The maximum absolute atomic E-state index is 11.6. The fourth-order valence-electron chi connectivity index (χ4n) is 4.42. The van der Waals surface area contributed by atoms with Crippen LogP contribution < -0.4 is 0 Å². The average molecular weight is 322 g/mol. The lowest BCUT2D eigenvalue weighted by Crippen LogP contribution is -2.33. The monoisotopic (exact) mass is 322 g/mol. The summed E-state index contributed by atoms with van der Waals surface area (Å²) in [5.74, 6) is 1.19. The minimum atomic E-state index is -1.02. The number of rotatable bonds is 4. The van der Waals surface area contributed by atoms with Gasteiger partial charge in [0.05, 0.1) is 12.7 Å². The van der Waals surface area contributed by atoms with E-state index in [9.17, 15) is 15.0 Å². The van der Waals surface area contributed by atoms with Gasteiger partial charge in [0.15, 0.2) is 0 Å². The number of hydrogen-bond acceptors (Lipinski definition) is 3. The Morgan fingerprint density at radius 2 is 1.91 bits per heavy atom. The minimum Gasteiger partial charge on any atom is -0.507 e. The Hall–Kier alpha value is -1.45. The number of hydrogen-bond donors (Lipinski definition) is 2. The van der Waals surface area contributed by atoms with Crippen LogP contribution in [0.5, 0.6) is 0 Å². The molecule has 4 heteroatoms. The molecule has 0 aliphatic heterocycles. The number of allylic oxidation sites excluding steroid dienone is 2. The Morgan fingerprint density at radius 1 is 1.26 bits per heavy atom. The van der Waals surface area contributed by atoms with Crippen LogP contribution in [0, 0.1) is 29.6 Å². The summed E-state index contributed by atoms with van der Waals surface area (Å²) in [5.41, 5.74) is 0.898. The molecule has 2 rings (SSSR count). The molecule has 0 aromatic heterocycles. The summed E-state index contributed by atoms with van der Waals surface area (Å²) in [6.45, 7) is 8.50. The predicted octanol–water partition coefficient (Wildman–Crippen LogP) is 4.53. The van der Waals surface area contributed by atoms with Gasteiger partial charge in [0, 0.05) is 12.0 Å². The first-order chi connectivity index (χ1) is 10.8. The molecule has 4 atom stereocenters. The summed E-state index contributed by atoms with van der Waals surface area (Å²) in [5, 5.41) is 20.3. The molecule has 0 spiro atoms. The van der Waals surface area contributed by atoms with Gasteiger partial charge in [-0.2, -0.15) is 0 Å². The normalized spacial score (nSPS) is 32.4. The van der Waals surface area contributed by atoms with Gasteiger partial charge in [0.2, 0.25) is 0 Å². The van der Waals surface area contributed by atoms with E-state index in [0.29, 0.717) is 24.2 Å². The van der Waals surface area contributed by atoms with Crippen molar-refractivity contribution in [1.29, 1.82) is 0 Å². The number of methoxy groups -OCH3 is 1. The topological polar surface area (TPSA) is 66.8 Å². The van der Waals surface area contributed by atoms with Gasteiger partial charge in [0.1, 0.15) is 11.5 Å². The molecule has 0 aromatic rings. The summed E-state index contributed by atoms with van der Waals surface area (Å²) in [7, 11) is 1.62. The van der Waals surface area contributed by atoms with Gasteiger partial charge < -0.3 is 14.9 Å². The van der Waals surface area contributed by atoms with Crippen LogP contribution in [0.1, 0.15) is 53.4 Å². The summed E-state index contributed by atoms with van der Waals surface area (Å²) >= 11 is 0. The van der Waals surface area contributed by atoms with E-state index in [1.54, 1.807) is 7.11 Å². The van der Waals surface area contributed by atoms with Crippen LogP contribution in [0.15, 0.2) is 22.7 Å². The lowest BCUT2D eigenvalue weighted by Gasteiger charge is -2.40. The number of aliphatic hydroxyl groups is 1. The summed E-state index contributed by atoms with van der Waals surface area (Å²) < 4.78 is 5.58. The standard InChI is InChI=1S/C19H30O4/c1-10(2)13-7-6-11(3)8-14(13)17-15(23-5)9-12(4)16(18(17)20)19(21)22/h10-14,20H,6-9H2,1-5H3,(H,21,22)/t11-,12+,13+,14-/m1/s1. The Kier molecular flexibility index (Phi) is 5.43. The molecule has 0 saturated heterocycles. The van der Waals surface area contributed by atoms with E-state index in [1.807, 2.05) is 6.92 Å². The minimum absolute atomic E-state index is 0.0437. The first kappa shape index (κ1) is 17.9. The van der Waals surface area contributed by atoms with E-state index < -0.39 is 5.97 Å². The highest BCUT2D eigenvalue weighted by molar-refractivity contribution is 5.89. The van der Waals surface area contributed by atoms with Crippen LogP contribution >= 0.6 is 0 Å². The van der Waals surface area contributed by atoms with Crippen molar-refractivity contribution in [2.45, 2.75) is 53.4 Å². The predicted molar refractivity (Wildman–Crippen MR) is 89.9 cm³/mol. The van der Waals surface area contributed by atoms with Gasteiger partial charge >= 0.3 is 5.97 Å². The van der Waals surface area contributed by atoms with Gasteiger partial charge in [-0.05, 0) is 42.4 Å². The average Bonchev–Trinajstić information content (AvgIpc) is 2.45. The zero-order valence-electron chi connectivity index (χ0n) is 14.9. The SMILES string of the molecule is COC1=C([C@@H]2C[C@H](C)CC[C@H]2C(C)C)C(O)=C(C(=O)O)[C@@H](C)C1. The Morgan fingerprint density at radius 3 is 2.43 bits per heavy atom. The molecule has 0 unspecified atom stereocenters. The molecule has 2 N–H and O–H groups in total. The molecule has 130 valence electrons. The highest BCUT2D eigenvalue weighted by atomic mass is 16.5. The molecule has 0 bridgehead atoms. The molecule has 2 aliphatic rings. The van der Waals surface area contributed by atoms with Crippen molar-refractivity contribution in [3.8, 4) is 0 Å². The van der Waals surface area contributed by atoms with Crippen molar-refractivity contribution in [2.24, 2.45) is 29.6 Å². The van der Waals surface area contributed by atoms with Crippen LogP contribution in [-0.4, -0.2) is 23.3 Å². The van der Waals surface area contributed by atoms with Crippen molar-refractivity contribution in [1.82, 2.24) is 0 Å². The lowest BCUT2D eigenvalue weighted by atomic mass is 9.65. The van der Waals surface area contributed by atoms with Gasteiger partial charge in [-0.3, -0.25) is 0 Å². The molecule has 0 heterocycles. The molecule has 0 aromatic carbocycles. The van der Waals surface area contributed by atoms with Gasteiger partial charge in [-0.1, -0.05) is 34.1 Å². The first-order valence-electron chi connectivity index (χ1n) is 8.71. The smallest absolute Gasteiger partial charge is 0.335 e. The number of carbonyl (C=O) groups is 1. The van der Waals surface area contributed by atoms with Gasteiger partial charge in [0.25, 0.3) is 0 Å². The van der Waals surface area contributed by atoms with Crippen LogP contribution in [0.25, 0.3) is 0 Å². The quantitative estimate of drug-likeness (QED) is 0.798. The third-order valence-electron chi connectivity index (χ3n) is 5.66. The molecule has 1 fully saturated rings. The second-order valence-corrected chi connectivity index (χ2v) is 7.65. The van der Waals surface area contributed by atoms with E-state index in [0.717, 1.165) is 24.2 Å². The van der Waals surface area contributed by atoms with Crippen molar-refractivity contribution < 1.29 is 19.7 Å². The number of carboxylic acids is 1. The lowest BCUT2D eigenvalue weighted by molar-refractivity contribution is -0.133. The number of aliphatic carboxylic acids is 1. The largest absolute Gasteiger partial charge is 0.507 e. The molecule has 0 radical (unpaired) electrons. The fourth-order valence-corrected chi connectivity index (χ4v) is 4.42. The third-order valence-corrected chi connectivity index (χ3v) is 5.66. The second-order valence-electron chi connectivity index (χ2n) is 7.65. The summed E-state index contributed by atoms with van der Waals surface area (Å²) in [6, 6.07) is 0. The zero-order valence-corrected chi connectivity index (χ0v) is 14.9. The van der Waals surface area contributed by atoms with Crippen molar-refractivity contribution in [3.63, 3.8) is 0 Å². The molecule has 23 heavy (non-hydrogen) atoms. The Labute approximate surface area is 139 Å². The van der Waals surface area contributed by atoms with Gasteiger partial charge in [-0.15, -0.1) is 0 Å². The number of ether oxygens (including phenoxy) is 1. The van der Waals surface area contributed by atoms with E-state index in [-0.39, 0.29) is 23.2 Å². The highest BCUT2D eigenvalue weighted by Gasteiger charge is 2.40. The van der Waals surface area contributed by atoms with Crippen molar-refractivity contribution in [3.05, 3.63) is 22.7 Å². The second kappa shape index (κ2) is 6.98. The van der Waals surface area contributed by atoms with Gasteiger partial charge in [-0.25, -0.2) is 4.79 Å².